The third kappa shape index (κ3) is 6.08. The number of aryl methyl sites for hydroxylation is 2. The van der Waals surface area contributed by atoms with E-state index in [0.717, 1.165) is 30.7 Å². The Hall–Kier alpha value is -3.09. The van der Waals surface area contributed by atoms with Gasteiger partial charge in [-0.15, -0.1) is 0 Å². The van der Waals surface area contributed by atoms with Crippen LogP contribution in [-0.2, 0) is 19.0 Å². The van der Waals surface area contributed by atoms with Gasteiger partial charge in [-0.05, 0) is 78.0 Å². The fourth-order valence-electron chi connectivity index (χ4n) is 5.01. The van der Waals surface area contributed by atoms with Gasteiger partial charge in [-0.25, -0.2) is 17.6 Å². The SMILES string of the molecule is CCCC1CC=C(c2ccc(-c3ccc(CCc4cc(F)c(C(F)(F)F)c(F)c4)c(F)c3F)cc2)CC1. The molecule has 0 heterocycles. The van der Waals surface area contributed by atoms with Crippen LogP contribution in [0.1, 0.15) is 61.3 Å². The van der Waals surface area contributed by atoms with Crippen molar-refractivity contribution in [2.24, 2.45) is 5.92 Å². The fraction of sp³-hybridized carbons (Fsp3) is 0.333. The molecule has 0 spiro atoms. The first kappa shape index (κ1) is 27.0. The highest BCUT2D eigenvalue weighted by molar-refractivity contribution is 5.71. The van der Waals surface area contributed by atoms with Crippen molar-refractivity contribution in [1.82, 2.24) is 0 Å². The number of halogens is 7. The molecule has 0 N–H and O–H groups in total. The lowest BCUT2D eigenvalue weighted by molar-refractivity contribution is -0.142. The van der Waals surface area contributed by atoms with Crippen molar-refractivity contribution in [2.75, 3.05) is 0 Å². The Morgan fingerprint density at radius 3 is 2.03 bits per heavy atom. The largest absolute Gasteiger partial charge is 0.422 e. The van der Waals surface area contributed by atoms with E-state index in [-0.39, 0.29) is 29.5 Å². The molecule has 1 aliphatic rings. The maximum Gasteiger partial charge on any atom is 0.422 e. The molecule has 3 aromatic carbocycles. The summed E-state index contributed by atoms with van der Waals surface area (Å²) in [5.41, 5.74) is 0.834. The molecule has 1 aliphatic carbocycles. The Kier molecular flexibility index (Phi) is 8.10. The van der Waals surface area contributed by atoms with Gasteiger partial charge in [-0.2, -0.15) is 13.2 Å². The van der Waals surface area contributed by atoms with E-state index in [9.17, 15) is 30.7 Å². The molecule has 0 saturated carbocycles. The third-order valence-electron chi connectivity index (χ3n) is 7.01. The van der Waals surface area contributed by atoms with Crippen LogP contribution in [0.15, 0.2) is 54.6 Å². The normalized spacial score (nSPS) is 16.1. The first-order valence-corrected chi connectivity index (χ1v) is 12.4. The van der Waals surface area contributed by atoms with Crippen molar-refractivity contribution in [3.8, 4) is 11.1 Å². The average molecular weight is 521 g/mol. The van der Waals surface area contributed by atoms with E-state index in [0.29, 0.717) is 17.7 Å². The second-order valence-corrected chi connectivity index (χ2v) is 9.57. The van der Waals surface area contributed by atoms with Crippen LogP contribution >= 0.6 is 0 Å². The van der Waals surface area contributed by atoms with Gasteiger partial charge in [0.15, 0.2) is 11.6 Å². The molecule has 3 aromatic rings. The van der Waals surface area contributed by atoms with Crippen molar-refractivity contribution in [3.05, 3.63) is 100 Å². The minimum absolute atomic E-state index is 0.0346. The molecule has 0 bridgehead atoms. The topological polar surface area (TPSA) is 0 Å². The van der Waals surface area contributed by atoms with Crippen molar-refractivity contribution >= 4 is 5.57 Å². The number of hydrogen-bond donors (Lipinski definition) is 0. The summed E-state index contributed by atoms with van der Waals surface area (Å²) < 4.78 is 95.6. The molecule has 1 atom stereocenters. The van der Waals surface area contributed by atoms with E-state index in [2.05, 4.69) is 13.0 Å². The Bertz CT molecular complexity index is 1260. The van der Waals surface area contributed by atoms with Gasteiger partial charge in [0.05, 0.1) is 0 Å². The maximum absolute atomic E-state index is 14.9. The first-order valence-electron chi connectivity index (χ1n) is 12.4. The van der Waals surface area contributed by atoms with E-state index in [1.807, 2.05) is 12.1 Å². The minimum Gasteiger partial charge on any atom is -0.206 e. The van der Waals surface area contributed by atoms with E-state index in [4.69, 9.17) is 0 Å². The quantitative estimate of drug-likeness (QED) is 0.272. The number of alkyl halides is 3. The van der Waals surface area contributed by atoms with Gasteiger partial charge in [-0.1, -0.05) is 62.2 Å². The van der Waals surface area contributed by atoms with Gasteiger partial charge in [0.2, 0.25) is 0 Å². The molecule has 37 heavy (non-hydrogen) atoms. The van der Waals surface area contributed by atoms with Crippen LogP contribution in [0.3, 0.4) is 0 Å². The van der Waals surface area contributed by atoms with Gasteiger partial charge in [-0.3, -0.25) is 0 Å². The molecule has 0 aliphatic heterocycles. The zero-order valence-electron chi connectivity index (χ0n) is 20.4. The molecule has 0 nitrogen and oxygen atoms in total. The van der Waals surface area contributed by atoms with Crippen LogP contribution in [0.5, 0.6) is 0 Å². The number of rotatable bonds is 7. The van der Waals surface area contributed by atoms with Crippen molar-refractivity contribution in [2.45, 2.75) is 58.0 Å². The van der Waals surface area contributed by atoms with Crippen LogP contribution in [0.2, 0.25) is 0 Å². The summed E-state index contributed by atoms with van der Waals surface area (Å²) in [6.07, 6.45) is 2.39. The highest BCUT2D eigenvalue weighted by Crippen LogP contribution is 2.35. The molecule has 4 rings (SSSR count). The molecule has 196 valence electrons. The third-order valence-corrected chi connectivity index (χ3v) is 7.01. The number of benzene rings is 3. The predicted molar refractivity (Wildman–Crippen MR) is 131 cm³/mol. The molecule has 0 radical (unpaired) electrons. The summed E-state index contributed by atoms with van der Waals surface area (Å²) in [7, 11) is 0. The van der Waals surface area contributed by atoms with Gasteiger partial charge in [0, 0.05) is 5.56 Å². The predicted octanol–water partition coefficient (Wildman–Crippen LogP) is 9.70. The zero-order chi connectivity index (χ0) is 26.7. The van der Waals surface area contributed by atoms with Gasteiger partial charge in [0.25, 0.3) is 0 Å². The summed E-state index contributed by atoms with van der Waals surface area (Å²) in [5, 5.41) is 0. The van der Waals surface area contributed by atoms with Crippen molar-refractivity contribution < 1.29 is 30.7 Å². The molecule has 0 fully saturated rings. The molecular formula is C30H27F7. The summed E-state index contributed by atoms with van der Waals surface area (Å²) in [4.78, 5) is 0. The first-order chi connectivity index (χ1) is 17.6. The van der Waals surface area contributed by atoms with Crippen molar-refractivity contribution in [3.63, 3.8) is 0 Å². The van der Waals surface area contributed by atoms with Crippen LogP contribution in [0, 0.1) is 29.2 Å². The van der Waals surface area contributed by atoms with E-state index < -0.39 is 35.0 Å². The van der Waals surface area contributed by atoms with Gasteiger partial charge in [0.1, 0.15) is 17.2 Å². The second kappa shape index (κ2) is 11.1. The molecular weight excluding hydrogens is 493 g/mol. The van der Waals surface area contributed by atoms with Crippen LogP contribution in [0.4, 0.5) is 30.7 Å². The van der Waals surface area contributed by atoms with Gasteiger partial charge < -0.3 is 0 Å². The molecule has 0 aromatic heterocycles. The minimum atomic E-state index is -5.17. The maximum atomic E-state index is 14.9. The number of hydrogen-bond acceptors (Lipinski definition) is 0. The highest BCUT2D eigenvalue weighted by atomic mass is 19.4. The highest BCUT2D eigenvalue weighted by Gasteiger charge is 2.37. The summed E-state index contributed by atoms with van der Waals surface area (Å²) in [5.74, 6) is -4.89. The average Bonchev–Trinajstić information content (AvgIpc) is 2.84. The molecule has 7 heteroatoms. The molecule has 0 amide bonds. The van der Waals surface area contributed by atoms with E-state index >= 15 is 0 Å². The van der Waals surface area contributed by atoms with Crippen LogP contribution in [0.25, 0.3) is 16.7 Å². The monoisotopic (exact) mass is 520 g/mol. The van der Waals surface area contributed by atoms with Crippen LogP contribution < -0.4 is 0 Å². The lowest BCUT2D eigenvalue weighted by Crippen LogP contribution is -2.12. The lowest BCUT2D eigenvalue weighted by Gasteiger charge is -2.21. The Morgan fingerprint density at radius 2 is 1.46 bits per heavy atom. The number of allylic oxidation sites excluding steroid dienone is 2. The Balaban J connectivity index is 1.47. The summed E-state index contributed by atoms with van der Waals surface area (Å²) >= 11 is 0. The second-order valence-electron chi connectivity index (χ2n) is 9.57. The lowest BCUT2D eigenvalue weighted by atomic mass is 9.84. The summed E-state index contributed by atoms with van der Waals surface area (Å²) in [6, 6.07) is 11.3. The zero-order valence-corrected chi connectivity index (χ0v) is 20.4. The fourth-order valence-corrected chi connectivity index (χ4v) is 5.01. The van der Waals surface area contributed by atoms with E-state index in [1.165, 1.54) is 30.5 Å². The Labute approximate surface area is 211 Å². The molecule has 1 unspecified atom stereocenters. The van der Waals surface area contributed by atoms with Crippen molar-refractivity contribution in [1.29, 1.82) is 0 Å². The smallest absolute Gasteiger partial charge is 0.206 e. The summed E-state index contributed by atoms with van der Waals surface area (Å²) in [6.45, 7) is 2.19. The Morgan fingerprint density at radius 1 is 0.811 bits per heavy atom. The van der Waals surface area contributed by atoms with Crippen LogP contribution in [-0.4, -0.2) is 0 Å². The standard InChI is InChI=1S/C30H27F7/c1-2-3-18-4-7-20(8-5-18)21-10-12-22(13-11-21)24-15-14-23(28(33)29(24)34)9-6-19-16-25(31)27(26(32)17-19)30(35,36)37/h7,10-18H,2-6,8-9H2,1H3. The van der Waals surface area contributed by atoms with Gasteiger partial charge >= 0.3 is 6.18 Å². The molecule has 0 saturated heterocycles. The van der Waals surface area contributed by atoms with E-state index in [1.54, 1.807) is 12.1 Å².